The highest BCUT2D eigenvalue weighted by atomic mass is 32.2. The van der Waals surface area contributed by atoms with Crippen molar-refractivity contribution in [2.24, 2.45) is 0 Å². The minimum Gasteiger partial charge on any atom is -0.508 e. The fraction of sp³-hybridized carbons (Fsp3) is 0.455. The zero-order chi connectivity index (χ0) is 12.3. The first-order valence-electron chi connectivity index (χ1n) is 5.18. The third-order valence-electron chi connectivity index (χ3n) is 2.59. The van der Waals surface area contributed by atoms with Crippen molar-refractivity contribution in [3.8, 4) is 5.75 Å². The molecule has 0 aliphatic rings. The van der Waals surface area contributed by atoms with Crippen LogP contribution in [0.25, 0.3) is 0 Å². The molecule has 1 aromatic rings. The molecule has 1 aromatic carbocycles. The zero-order valence-electron chi connectivity index (χ0n) is 9.34. The average Bonchev–Trinajstić information content (AvgIpc) is 2.17. The van der Waals surface area contributed by atoms with Crippen LogP contribution in [-0.2, 0) is 16.5 Å². The lowest BCUT2D eigenvalue weighted by Crippen LogP contribution is -2.13. The van der Waals surface area contributed by atoms with Crippen LogP contribution >= 0.6 is 0 Å². The van der Waals surface area contributed by atoms with E-state index in [0.717, 1.165) is 5.56 Å². The van der Waals surface area contributed by atoms with E-state index < -0.39 is 15.4 Å². The van der Waals surface area contributed by atoms with E-state index in [4.69, 9.17) is 4.55 Å². The van der Waals surface area contributed by atoms with Crippen molar-refractivity contribution in [3.63, 3.8) is 0 Å². The number of aryl methyl sites for hydroxylation is 1. The number of phenolic OH excluding ortho intramolecular Hbond substituents is 1. The second kappa shape index (κ2) is 4.84. The van der Waals surface area contributed by atoms with E-state index in [2.05, 4.69) is 0 Å². The summed E-state index contributed by atoms with van der Waals surface area (Å²) in [7, 11) is -4.13. The lowest BCUT2D eigenvalue weighted by atomic mass is 10.0. The summed E-state index contributed by atoms with van der Waals surface area (Å²) in [5.41, 5.74) is 1.30. The standard InChI is InChI=1S/C11H16O4S/c1-3-8-5-6-9(12)7-10(8)11(4-2)16(13,14)15/h5-7,11-12H,3-4H2,1-2H3,(H,13,14,15). The van der Waals surface area contributed by atoms with E-state index in [1.54, 1.807) is 13.0 Å². The molecule has 5 heteroatoms. The Kier molecular flexibility index (Phi) is 3.93. The first-order valence-corrected chi connectivity index (χ1v) is 6.68. The van der Waals surface area contributed by atoms with Gasteiger partial charge in [-0.1, -0.05) is 19.9 Å². The molecular weight excluding hydrogens is 228 g/mol. The summed E-state index contributed by atoms with van der Waals surface area (Å²) in [4.78, 5) is 0. The van der Waals surface area contributed by atoms with Gasteiger partial charge in [-0.05, 0) is 36.1 Å². The molecule has 0 radical (unpaired) electrons. The minimum absolute atomic E-state index is 0.00861. The van der Waals surface area contributed by atoms with Crippen molar-refractivity contribution >= 4 is 10.1 Å². The fourth-order valence-electron chi connectivity index (χ4n) is 1.80. The zero-order valence-corrected chi connectivity index (χ0v) is 10.2. The Morgan fingerprint density at radius 1 is 1.31 bits per heavy atom. The maximum atomic E-state index is 11.2. The van der Waals surface area contributed by atoms with Crippen molar-refractivity contribution in [2.75, 3.05) is 0 Å². The molecule has 0 heterocycles. The third-order valence-corrected chi connectivity index (χ3v) is 3.89. The largest absolute Gasteiger partial charge is 0.508 e. The van der Waals surface area contributed by atoms with Gasteiger partial charge in [-0.3, -0.25) is 4.55 Å². The Morgan fingerprint density at radius 2 is 1.94 bits per heavy atom. The van der Waals surface area contributed by atoms with E-state index in [1.165, 1.54) is 12.1 Å². The van der Waals surface area contributed by atoms with E-state index in [-0.39, 0.29) is 12.2 Å². The predicted octanol–water partition coefficient (Wildman–Crippen LogP) is 2.29. The SMILES string of the molecule is CCc1ccc(O)cc1C(CC)S(=O)(=O)O. The van der Waals surface area contributed by atoms with Gasteiger partial charge in [0.05, 0.1) is 0 Å². The highest BCUT2D eigenvalue weighted by Gasteiger charge is 2.25. The molecule has 0 amide bonds. The van der Waals surface area contributed by atoms with Crippen LogP contribution in [-0.4, -0.2) is 18.1 Å². The molecular formula is C11H16O4S. The molecule has 0 saturated carbocycles. The van der Waals surface area contributed by atoms with Gasteiger partial charge >= 0.3 is 0 Å². The van der Waals surface area contributed by atoms with Crippen LogP contribution in [0, 0.1) is 0 Å². The third kappa shape index (κ3) is 2.74. The first kappa shape index (κ1) is 13.0. The number of rotatable bonds is 4. The summed E-state index contributed by atoms with van der Waals surface area (Å²) in [6.45, 7) is 3.58. The van der Waals surface area contributed by atoms with E-state index in [1.807, 2.05) is 6.92 Å². The highest BCUT2D eigenvalue weighted by Crippen LogP contribution is 2.30. The molecule has 1 unspecified atom stereocenters. The molecule has 1 rings (SSSR count). The van der Waals surface area contributed by atoms with E-state index >= 15 is 0 Å². The molecule has 4 nitrogen and oxygen atoms in total. The van der Waals surface area contributed by atoms with Gasteiger partial charge in [-0.15, -0.1) is 0 Å². The second-order valence-corrected chi connectivity index (χ2v) is 5.25. The fourth-order valence-corrected chi connectivity index (χ4v) is 2.76. The molecule has 90 valence electrons. The lowest BCUT2D eigenvalue weighted by Gasteiger charge is -2.16. The van der Waals surface area contributed by atoms with Crippen molar-refractivity contribution < 1.29 is 18.1 Å². The lowest BCUT2D eigenvalue weighted by molar-refractivity contribution is 0.463. The Balaban J connectivity index is 3.34. The van der Waals surface area contributed by atoms with Gasteiger partial charge in [0.15, 0.2) is 0 Å². The summed E-state index contributed by atoms with van der Waals surface area (Å²) in [6.07, 6.45) is 0.927. The molecule has 0 spiro atoms. The quantitative estimate of drug-likeness (QED) is 0.797. The number of hydrogen-bond donors (Lipinski definition) is 2. The van der Waals surface area contributed by atoms with Crippen LogP contribution in [0.5, 0.6) is 5.75 Å². The van der Waals surface area contributed by atoms with Crippen LogP contribution in [0.15, 0.2) is 18.2 Å². The average molecular weight is 244 g/mol. The predicted molar refractivity (Wildman–Crippen MR) is 62.1 cm³/mol. The number of phenols is 1. The summed E-state index contributed by atoms with van der Waals surface area (Å²) in [6, 6.07) is 4.60. The maximum Gasteiger partial charge on any atom is 0.271 e. The van der Waals surface area contributed by atoms with Crippen LogP contribution in [0.4, 0.5) is 0 Å². The Labute approximate surface area is 95.7 Å². The van der Waals surface area contributed by atoms with Crippen molar-refractivity contribution in [1.29, 1.82) is 0 Å². The van der Waals surface area contributed by atoms with Crippen LogP contribution in [0.3, 0.4) is 0 Å². The number of aromatic hydroxyl groups is 1. The highest BCUT2D eigenvalue weighted by molar-refractivity contribution is 7.86. The van der Waals surface area contributed by atoms with Gasteiger partial charge in [0.2, 0.25) is 0 Å². The van der Waals surface area contributed by atoms with Gasteiger partial charge in [0.25, 0.3) is 10.1 Å². The molecule has 0 aliphatic carbocycles. The smallest absolute Gasteiger partial charge is 0.271 e. The molecule has 16 heavy (non-hydrogen) atoms. The topological polar surface area (TPSA) is 74.6 Å². The molecule has 0 aliphatic heterocycles. The molecule has 0 bridgehead atoms. The number of hydrogen-bond acceptors (Lipinski definition) is 3. The summed E-state index contributed by atoms with van der Waals surface area (Å²) < 4.78 is 31.6. The van der Waals surface area contributed by atoms with Crippen LogP contribution in [0.2, 0.25) is 0 Å². The van der Waals surface area contributed by atoms with E-state index in [9.17, 15) is 13.5 Å². The Bertz CT molecular complexity index is 465. The monoisotopic (exact) mass is 244 g/mol. The number of benzene rings is 1. The Morgan fingerprint density at radius 3 is 2.38 bits per heavy atom. The summed E-state index contributed by atoms with van der Waals surface area (Å²) in [5.74, 6) is 0.00861. The van der Waals surface area contributed by atoms with E-state index in [0.29, 0.717) is 12.0 Å². The van der Waals surface area contributed by atoms with Crippen LogP contribution in [0.1, 0.15) is 36.6 Å². The van der Waals surface area contributed by atoms with Crippen LogP contribution < -0.4 is 0 Å². The molecule has 1 atom stereocenters. The summed E-state index contributed by atoms with van der Waals surface area (Å²) in [5, 5.41) is 8.40. The molecule has 2 N–H and O–H groups in total. The first-order chi connectivity index (χ1) is 7.40. The summed E-state index contributed by atoms with van der Waals surface area (Å²) >= 11 is 0. The van der Waals surface area contributed by atoms with Gasteiger partial charge in [0, 0.05) is 0 Å². The second-order valence-electron chi connectivity index (χ2n) is 3.65. The van der Waals surface area contributed by atoms with Crippen molar-refractivity contribution in [3.05, 3.63) is 29.3 Å². The van der Waals surface area contributed by atoms with Gasteiger partial charge < -0.3 is 5.11 Å². The molecule has 0 fully saturated rings. The maximum absolute atomic E-state index is 11.2. The minimum atomic E-state index is -4.13. The Hall–Kier alpha value is -1.07. The van der Waals surface area contributed by atoms with Crippen molar-refractivity contribution in [2.45, 2.75) is 31.9 Å². The van der Waals surface area contributed by atoms with Gasteiger partial charge in [-0.25, -0.2) is 0 Å². The normalized spacial score (nSPS) is 13.7. The van der Waals surface area contributed by atoms with Gasteiger partial charge in [0.1, 0.15) is 11.0 Å². The molecule has 0 saturated heterocycles. The van der Waals surface area contributed by atoms with Gasteiger partial charge in [-0.2, -0.15) is 8.42 Å². The molecule has 0 aromatic heterocycles. The van der Waals surface area contributed by atoms with Crippen molar-refractivity contribution in [1.82, 2.24) is 0 Å².